The van der Waals surface area contributed by atoms with Gasteiger partial charge in [0, 0.05) is 71.2 Å². The maximum Gasteiger partial charge on any atom is 0.336 e. The monoisotopic (exact) mass is 717 g/mol. The highest BCUT2D eigenvalue weighted by Crippen LogP contribution is 2.46. The fourth-order valence-electron chi connectivity index (χ4n) is 6.87. The lowest BCUT2D eigenvalue weighted by atomic mass is 9.78. The number of unbranched alkanes of at least 4 members (excludes halogenated alkanes) is 1. The van der Waals surface area contributed by atoms with Gasteiger partial charge in [0.1, 0.15) is 0 Å². The van der Waals surface area contributed by atoms with Gasteiger partial charge in [-0.25, -0.2) is 14.6 Å². The van der Waals surface area contributed by atoms with Crippen LogP contribution < -0.4 is 5.32 Å². The lowest BCUT2D eigenvalue weighted by molar-refractivity contribution is -0.137. The van der Waals surface area contributed by atoms with Crippen molar-refractivity contribution in [1.29, 1.82) is 0 Å². The second-order valence-electron chi connectivity index (χ2n) is 12.4. The summed E-state index contributed by atoms with van der Waals surface area (Å²) in [6.45, 7) is 7.45. The van der Waals surface area contributed by atoms with E-state index in [9.17, 15) is 14.4 Å². The first-order valence-electron chi connectivity index (χ1n) is 16.7. The summed E-state index contributed by atoms with van der Waals surface area (Å²) >= 11 is 15.0. The molecule has 1 aromatic heterocycles. The maximum absolute atomic E-state index is 13.9. The number of allylic oxidation sites excluding steroid dienone is 1. The Kier molecular flexibility index (Phi) is 13.3. The summed E-state index contributed by atoms with van der Waals surface area (Å²) in [5.41, 5.74) is 1.53. The van der Waals surface area contributed by atoms with E-state index >= 15 is 0 Å². The molecule has 1 atom stereocenters. The van der Waals surface area contributed by atoms with Crippen LogP contribution in [0.1, 0.15) is 61.4 Å². The van der Waals surface area contributed by atoms with Crippen LogP contribution in [0.5, 0.6) is 0 Å². The summed E-state index contributed by atoms with van der Waals surface area (Å²) in [6, 6.07) is 5.00. The van der Waals surface area contributed by atoms with Crippen LogP contribution in [0.25, 0.3) is 0 Å². The van der Waals surface area contributed by atoms with Crippen molar-refractivity contribution in [3.8, 4) is 0 Å². The van der Waals surface area contributed by atoms with E-state index in [1.165, 1.54) is 70.9 Å². The molecule has 48 heavy (non-hydrogen) atoms. The zero-order valence-electron chi connectivity index (χ0n) is 27.8. The summed E-state index contributed by atoms with van der Waals surface area (Å²) in [5, 5.41) is 6.63. The molecule has 0 bridgehead atoms. The Morgan fingerprint density at radius 3 is 2.04 bits per heavy atom. The quantitative estimate of drug-likeness (QED) is 0.215. The average molecular weight is 719 g/mol. The summed E-state index contributed by atoms with van der Waals surface area (Å²) in [4.78, 5) is 52.2. The first kappa shape index (κ1) is 36.3. The molecule has 1 unspecified atom stereocenters. The molecule has 3 aliphatic rings. The van der Waals surface area contributed by atoms with E-state index in [0.29, 0.717) is 42.9 Å². The molecule has 4 heterocycles. The van der Waals surface area contributed by atoms with Gasteiger partial charge in [0.25, 0.3) is 0 Å². The van der Waals surface area contributed by atoms with Crippen LogP contribution >= 0.6 is 34.5 Å². The van der Waals surface area contributed by atoms with Gasteiger partial charge in [-0.2, -0.15) is 0 Å². The minimum absolute atomic E-state index is 0.0892. The van der Waals surface area contributed by atoms with Gasteiger partial charge in [-0.05, 0) is 70.4 Å². The average Bonchev–Trinajstić information content (AvgIpc) is 3.63. The molecular weight excluding hydrogens is 673 g/mol. The van der Waals surface area contributed by atoms with Crippen LogP contribution in [-0.4, -0.2) is 104 Å². The standard InChI is InChI=1S/C35H45Cl2N5O5S/c1-46-34(44)31-26(11-12-28-38-13-22-48-28)39-27(32(35(45)47-2)33(31)30-24(36)9-8-10-25(30)37)23-29(43)42-20-18-41(19-21-42)17-7-6-16-40-14-4-3-5-15-40/h8-10,13,22,33,39H,3-7,11-12,14-21,23H2,1-2H3. The summed E-state index contributed by atoms with van der Waals surface area (Å²) in [6.07, 6.45) is 8.86. The predicted molar refractivity (Wildman–Crippen MR) is 188 cm³/mol. The van der Waals surface area contributed by atoms with Crippen molar-refractivity contribution in [1.82, 2.24) is 25.0 Å². The highest BCUT2D eigenvalue weighted by molar-refractivity contribution is 7.09. The number of methoxy groups -OCH3 is 2. The molecule has 1 aromatic carbocycles. The molecule has 2 saturated heterocycles. The number of ether oxygens (including phenoxy) is 2. The minimum atomic E-state index is -1.02. The van der Waals surface area contributed by atoms with Crippen molar-refractivity contribution in [2.24, 2.45) is 0 Å². The van der Waals surface area contributed by atoms with Gasteiger partial charge in [-0.1, -0.05) is 35.7 Å². The number of amides is 1. The number of esters is 2. The number of aromatic nitrogens is 1. The molecule has 10 nitrogen and oxygen atoms in total. The normalized spacial score (nSPS) is 19.3. The molecule has 3 aliphatic heterocycles. The van der Waals surface area contributed by atoms with E-state index in [-0.39, 0.29) is 33.5 Å². The Morgan fingerprint density at radius 2 is 1.46 bits per heavy atom. The number of dihydropyridines is 1. The molecular formula is C35H45Cl2N5O5S. The lowest BCUT2D eigenvalue weighted by Gasteiger charge is -2.36. The molecule has 0 spiro atoms. The lowest BCUT2D eigenvalue weighted by Crippen LogP contribution is -2.49. The number of benzene rings is 1. The Labute approximate surface area is 297 Å². The molecule has 1 N–H and O–H groups in total. The zero-order valence-corrected chi connectivity index (χ0v) is 30.1. The molecule has 0 aliphatic carbocycles. The van der Waals surface area contributed by atoms with Crippen LogP contribution in [0.3, 0.4) is 0 Å². The second kappa shape index (κ2) is 17.6. The number of halogens is 2. The fraction of sp³-hybridized carbons (Fsp3) is 0.543. The van der Waals surface area contributed by atoms with Gasteiger partial charge in [0.2, 0.25) is 5.91 Å². The molecule has 2 aromatic rings. The van der Waals surface area contributed by atoms with Gasteiger partial charge < -0.3 is 24.6 Å². The van der Waals surface area contributed by atoms with E-state index in [4.69, 9.17) is 32.7 Å². The number of piperazine rings is 1. The first-order valence-corrected chi connectivity index (χ1v) is 18.4. The number of carbonyl (C=O) groups excluding carboxylic acids is 3. The topological polar surface area (TPSA) is 104 Å². The smallest absolute Gasteiger partial charge is 0.336 e. The number of likely N-dealkylation sites (tertiary alicyclic amines) is 1. The van der Waals surface area contributed by atoms with Crippen molar-refractivity contribution in [2.45, 2.75) is 57.3 Å². The molecule has 0 radical (unpaired) electrons. The highest BCUT2D eigenvalue weighted by atomic mass is 35.5. The second-order valence-corrected chi connectivity index (χ2v) is 14.2. The largest absolute Gasteiger partial charge is 0.466 e. The predicted octanol–water partition coefficient (Wildman–Crippen LogP) is 5.42. The third-order valence-corrected chi connectivity index (χ3v) is 10.9. The molecule has 0 saturated carbocycles. The molecule has 13 heteroatoms. The van der Waals surface area contributed by atoms with Crippen LogP contribution in [0, 0.1) is 0 Å². The van der Waals surface area contributed by atoms with Crippen molar-refractivity contribution in [3.63, 3.8) is 0 Å². The highest BCUT2D eigenvalue weighted by Gasteiger charge is 2.42. The van der Waals surface area contributed by atoms with Gasteiger partial charge >= 0.3 is 11.9 Å². The van der Waals surface area contributed by atoms with Gasteiger partial charge in [0.05, 0.1) is 42.7 Å². The number of nitrogens with zero attached hydrogens (tertiary/aromatic N) is 4. The fourth-order valence-corrected chi connectivity index (χ4v) is 8.11. The van der Waals surface area contributed by atoms with Gasteiger partial charge in [-0.15, -0.1) is 11.3 Å². The number of nitrogens with one attached hydrogen (secondary N) is 1. The van der Waals surface area contributed by atoms with Crippen LogP contribution in [0.15, 0.2) is 52.3 Å². The molecule has 5 rings (SSSR count). The Balaban J connectivity index is 1.36. The first-order chi connectivity index (χ1) is 23.3. The number of rotatable bonds is 13. The minimum Gasteiger partial charge on any atom is -0.466 e. The number of carbonyl (C=O) groups is 3. The Hall–Kier alpha value is -2.96. The number of piperidine rings is 1. The van der Waals surface area contributed by atoms with Gasteiger partial charge in [-0.3, -0.25) is 9.69 Å². The van der Waals surface area contributed by atoms with E-state index < -0.39 is 17.9 Å². The molecule has 260 valence electrons. The van der Waals surface area contributed by atoms with Crippen molar-refractivity contribution in [3.05, 3.63) is 72.9 Å². The summed E-state index contributed by atoms with van der Waals surface area (Å²) < 4.78 is 10.5. The van der Waals surface area contributed by atoms with Crippen LogP contribution in [-0.2, 0) is 30.3 Å². The SMILES string of the molecule is COC(=O)C1=C(CCc2nccs2)NC(CC(=O)N2CCN(CCCCN3CCCCC3)CC2)=C(C(=O)OC)C1c1c(Cl)cccc1Cl. The summed E-state index contributed by atoms with van der Waals surface area (Å²) in [7, 11) is 2.55. The van der Waals surface area contributed by atoms with Crippen molar-refractivity contribution in [2.75, 3.05) is 66.6 Å². The van der Waals surface area contributed by atoms with E-state index in [1.54, 1.807) is 24.4 Å². The number of aryl methyl sites for hydroxylation is 1. The maximum atomic E-state index is 13.9. The van der Waals surface area contributed by atoms with Crippen molar-refractivity contribution >= 4 is 52.4 Å². The molecule has 2 fully saturated rings. The third-order valence-electron chi connectivity index (χ3n) is 9.40. The van der Waals surface area contributed by atoms with E-state index in [2.05, 4.69) is 20.1 Å². The zero-order chi connectivity index (χ0) is 34.0. The number of hydrogen-bond acceptors (Lipinski definition) is 10. The van der Waals surface area contributed by atoms with Crippen molar-refractivity contribution < 1.29 is 23.9 Å². The Morgan fingerprint density at radius 1 is 0.854 bits per heavy atom. The number of hydrogen-bond donors (Lipinski definition) is 1. The van der Waals surface area contributed by atoms with E-state index in [0.717, 1.165) is 31.1 Å². The third kappa shape index (κ3) is 8.98. The van der Waals surface area contributed by atoms with Crippen LogP contribution in [0.2, 0.25) is 10.0 Å². The van der Waals surface area contributed by atoms with E-state index in [1.807, 2.05) is 10.3 Å². The summed E-state index contributed by atoms with van der Waals surface area (Å²) in [5.74, 6) is -2.48. The van der Waals surface area contributed by atoms with Gasteiger partial charge in [0.15, 0.2) is 0 Å². The Bertz CT molecular complexity index is 1480. The number of thiazole rings is 1. The molecule has 1 amide bonds. The van der Waals surface area contributed by atoms with Crippen LogP contribution in [0.4, 0.5) is 0 Å².